The van der Waals surface area contributed by atoms with Crippen molar-refractivity contribution < 1.29 is 13.2 Å². The van der Waals surface area contributed by atoms with E-state index in [1.165, 1.54) is 6.26 Å². The van der Waals surface area contributed by atoms with E-state index in [0.717, 1.165) is 0 Å². The van der Waals surface area contributed by atoms with Crippen molar-refractivity contribution in [3.8, 4) is 0 Å². The van der Waals surface area contributed by atoms with Crippen LogP contribution in [0.2, 0.25) is 0 Å². The van der Waals surface area contributed by atoms with E-state index in [1.54, 1.807) is 0 Å². The van der Waals surface area contributed by atoms with E-state index in [0.29, 0.717) is 25.9 Å². The summed E-state index contributed by atoms with van der Waals surface area (Å²) < 4.78 is 25.0. The normalized spacial score (nSPS) is 18.9. The van der Waals surface area contributed by atoms with Crippen molar-refractivity contribution in [3.63, 3.8) is 0 Å². The highest BCUT2D eigenvalue weighted by Crippen LogP contribution is 2.29. The third-order valence-corrected chi connectivity index (χ3v) is 4.92. The minimum absolute atomic E-state index is 0.0405. The van der Waals surface area contributed by atoms with E-state index in [2.05, 4.69) is 18.6 Å². The summed E-state index contributed by atoms with van der Waals surface area (Å²) in [7, 11) is -3.16. The number of hydrogen-bond acceptors (Lipinski definition) is 3. The molecular weight excluding hydrogens is 264 g/mol. The van der Waals surface area contributed by atoms with Gasteiger partial charge in [-0.25, -0.2) is 13.1 Å². The van der Waals surface area contributed by atoms with Crippen LogP contribution in [0.5, 0.6) is 0 Å². The Morgan fingerprint density at radius 2 is 1.74 bits per heavy atom. The summed E-state index contributed by atoms with van der Waals surface area (Å²) in [6, 6.07) is -0.0405. The van der Waals surface area contributed by atoms with Crippen LogP contribution >= 0.6 is 0 Å². The van der Waals surface area contributed by atoms with Crippen molar-refractivity contribution in [2.75, 3.05) is 19.3 Å². The Balaban J connectivity index is 2.57. The Kier molecular flexibility index (Phi) is 5.01. The van der Waals surface area contributed by atoms with Crippen molar-refractivity contribution in [1.29, 1.82) is 0 Å². The predicted octanol–water partition coefficient (Wildman–Crippen LogP) is 1.21. The van der Waals surface area contributed by atoms with E-state index < -0.39 is 10.0 Å². The number of rotatable bonds is 4. The smallest absolute Gasteiger partial charge is 0.228 e. The minimum atomic E-state index is -3.16. The van der Waals surface area contributed by atoms with E-state index in [9.17, 15) is 13.2 Å². The maximum Gasteiger partial charge on any atom is 0.228 e. The van der Waals surface area contributed by atoms with E-state index >= 15 is 0 Å². The van der Waals surface area contributed by atoms with Crippen molar-refractivity contribution >= 4 is 15.9 Å². The first-order valence-electron chi connectivity index (χ1n) is 6.80. The topological polar surface area (TPSA) is 66.5 Å². The lowest BCUT2D eigenvalue weighted by Crippen LogP contribution is -2.50. The van der Waals surface area contributed by atoms with Crippen molar-refractivity contribution in [2.24, 2.45) is 11.3 Å². The molecule has 0 spiro atoms. The molecule has 6 heteroatoms. The van der Waals surface area contributed by atoms with Crippen molar-refractivity contribution in [3.05, 3.63) is 0 Å². The fourth-order valence-corrected chi connectivity index (χ4v) is 3.00. The van der Waals surface area contributed by atoms with Crippen LogP contribution in [0.4, 0.5) is 0 Å². The van der Waals surface area contributed by atoms with Gasteiger partial charge in [0, 0.05) is 24.5 Å². The van der Waals surface area contributed by atoms with E-state index in [-0.39, 0.29) is 23.3 Å². The average Bonchev–Trinajstić information content (AvgIpc) is 2.26. The summed E-state index contributed by atoms with van der Waals surface area (Å²) in [5.41, 5.74) is -0.364. The Morgan fingerprint density at radius 3 is 2.11 bits per heavy atom. The van der Waals surface area contributed by atoms with Gasteiger partial charge in [0.25, 0.3) is 0 Å². The third kappa shape index (κ3) is 4.45. The molecule has 1 N–H and O–H groups in total. The lowest BCUT2D eigenvalue weighted by atomic mass is 9.79. The minimum Gasteiger partial charge on any atom is -0.342 e. The average molecular weight is 290 g/mol. The number of sulfonamides is 1. The lowest BCUT2D eigenvalue weighted by molar-refractivity contribution is -0.143. The van der Waals surface area contributed by atoms with Gasteiger partial charge in [-0.2, -0.15) is 0 Å². The number of carbonyl (C=O) groups is 1. The van der Waals surface area contributed by atoms with Crippen LogP contribution in [0, 0.1) is 11.3 Å². The SMILES string of the molecule is CC(C)C(C)(C)C(=O)N1CCC(NS(C)(=O)=O)CC1. The van der Waals surface area contributed by atoms with Crippen LogP contribution in [0.15, 0.2) is 0 Å². The van der Waals surface area contributed by atoms with Gasteiger partial charge in [0.1, 0.15) is 0 Å². The third-order valence-electron chi connectivity index (χ3n) is 4.16. The molecule has 1 aliphatic rings. The van der Waals surface area contributed by atoms with Crippen LogP contribution in [0.25, 0.3) is 0 Å². The standard InChI is InChI=1S/C13H26N2O3S/c1-10(2)13(3,4)12(16)15-8-6-11(7-9-15)14-19(5,17)18/h10-11,14H,6-9H2,1-5H3. The van der Waals surface area contributed by atoms with Crippen molar-refractivity contribution in [1.82, 2.24) is 9.62 Å². The molecule has 1 amide bonds. The summed E-state index contributed by atoms with van der Waals surface area (Å²) in [5.74, 6) is 0.451. The van der Waals surface area contributed by atoms with Gasteiger partial charge in [0.2, 0.25) is 15.9 Å². The van der Waals surface area contributed by atoms with Crippen LogP contribution in [-0.2, 0) is 14.8 Å². The molecule has 0 bridgehead atoms. The molecule has 1 saturated heterocycles. The zero-order valence-electron chi connectivity index (χ0n) is 12.6. The summed E-state index contributed by atoms with van der Waals surface area (Å²) in [6.07, 6.45) is 2.55. The van der Waals surface area contributed by atoms with Gasteiger partial charge in [0.15, 0.2) is 0 Å². The second-order valence-electron chi connectivity index (χ2n) is 6.33. The van der Waals surface area contributed by atoms with Gasteiger partial charge in [-0.05, 0) is 18.8 Å². The second kappa shape index (κ2) is 5.79. The van der Waals surface area contributed by atoms with Gasteiger partial charge in [-0.15, -0.1) is 0 Å². The lowest BCUT2D eigenvalue weighted by Gasteiger charge is -2.38. The number of piperidine rings is 1. The fraction of sp³-hybridized carbons (Fsp3) is 0.923. The van der Waals surface area contributed by atoms with Gasteiger partial charge < -0.3 is 4.90 Å². The Labute approximate surface area is 116 Å². The summed E-state index contributed by atoms with van der Waals surface area (Å²) >= 11 is 0. The summed E-state index contributed by atoms with van der Waals surface area (Å²) in [4.78, 5) is 14.3. The maximum atomic E-state index is 12.4. The first-order chi connectivity index (χ1) is 8.54. The number of likely N-dealkylation sites (tertiary alicyclic amines) is 1. The molecule has 0 aromatic carbocycles. The van der Waals surface area contributed by atoms with Gasteiger partial charge in [-0.3, -0.25) is 4.79 Å². The second-order valence-corrected chi connectivity index (χ2v) is 8.11. The number of carbonyl (C=O) groups excluding carboxylic acids is 1. The van der Waals surface area contributed by atoms with Crippen LogP contribution in [0.1, 0.15) is 40.5 Å². The monoisotopic (exact) mass is 290 g/mol. The molecule has 19 heavy (non-hydrogen) atoms. The van der Waals surface area contributed by atoms with Gasteiger partial charge >= 0.3 is 0 Å². The zero-order chi connectivity index (χ0) is 14.8. The predicted molar refractivity (Wildman–Crippen MR) is 76.2 cm³/mol. The molecule has 0 aromatic heterocycles. The largest absolute Gasteiger partial charge is 0.342 e. The Bertz CT molecular complexity index is 421. The zero-order valence-corrected chi connectivity index (χ0v) is 13.4. The van der Waals surface area contributed by atoms with Crippen LogP contribution in [0.3, 0.4) is 0 Å². The molecule has 0 saturated carbocycles. The van der Waals surface area contributed by atoms with E-state index in [1.807, 2.05) is 18.7 Å². The highest BCUT2D eigenvalue weighted by atomic mass is 32.2. The summed E-state index contributed by atoms with van der Waals surface area (Å²) in [6.45, 7) is 9.30. The Morgan fingerprint density at radius 1 is 1.26 bits per heavy atom. The highest BCUT2D eigenvalue weighted by molar-refractivity contribution is 7.88. The molecule has 5 nitrogen and oxygen atoms in total. The number of amides is 1. The van der Waals surface area contributed by atoms with Crippen LogP contribution < -0.4 is 4.72 Å². The molecule has 0 unspecified atom stereocenters. The Hall–Kier alpha value is -0.620. The summed E-state index contributed by atoms with van der Waals surface area (Å²) in [5, 5.41) is 0. The first-order valence-corrected chi connectivity index (χ1v) is 8.70. The molecule has 1 rings (SSSR count). The number of hydrogen-bond donors (Lipinski definition) is 1. The van der Waals surface area contributed by atoms with Gasteiger partial charge in [0.05, 0.1) is 6.26 Å². The fourth-order valence-electron chi connectivity index (χ4n) is 2.16. The highest BCUT2D eigenvalue weighted by Gasteiger charge is 2.36. The molecular formula is C13H26N2O3S. The molecule has 0 radical (unpaired) electrons. The number of nitrogens with zero attached hydrogens (tertiary/aromatic N) is 1. The quantitative estimate of drug-likeness (QED) is 0.846. The van der Waals surface area contributed by atoms with E-state index in [4.69, 9.17) is 0 Å². The molecule has 0 atom stereocenters. The van der Waals surface area contributed by atoms with Gasteiger partial charge in [-0.1, -0.05) is 27.7 Å². The molecule has 0 aliphatic carbocycles. The van der Waals surface area contributed by atoms with Crippen LogP contribution in [-0.4, -0.2) is 44.6 Å². The first kappa shape index (κ1) is 16.4. The molecule has 1 fully saturated rings. The number of nitrogens with one attached hydrogen (secondary N) is 1. The maximum absolute atomic E-state index is 12.4. The molecule has 1 aliphatic heterocycles. The molecule has 112 valence electrons. The van der Waals surface area contributed by atoms with Crippen molar-refractivity contribution in [2.45, 2.75) is 46.6 Å². The molecule has 0 aromatic rings. The molecule has 1 heterocycles.